The Morgan fingerprint density at radius 2 is 1.82 bits per heavy atom. The number of ether oxygens (including phenoxy) is 1. The molecule has 0 bridgehead atoms. The van der Waals surface area contributed by atoms with E-state index in [4.69, 9.17) is 25.7 Å². The van der Waals surface area contributed by atoms with Crippen molar-refractivity contribution < 1.29 is 9.53 Å². The van der Waals surface area contributed by atoms with Gasteiger partial charge in [0.1, 0.15) is 18.1 Å². The zero-order valence-electron chi connectivity index (χ0n) is 22.2. The van der Waals surface area contributed by atoms with Gasteiger partial charge in [-0.05, 0) is 74.7 Å². The molecule has 1 aliphatic heterocycles. The van der Waals surface area contributed by atoms with Crippen molar-refractivity contribution in [2.75, 3.05) is 24.1 Å². The Morgan fingerprint density at radius 3 is 2.49 bits per heavy atom. The van der Waals surface area contributed by atoms with E-state index in [0.717, 1.165) is 33.9 Å². The maximum atomic E-state index is 13.1. The molecular formula is C29H30N8O2. The minimum absolute atomic E-state index is 0.0282. The van der Waals surface area contributed by atoms with Crippen molar-refractivity contribution in [2.45, 2.75) is 40.2 Å². The second-order valence-corrected chi connectivity index (χ2v) is 9.66. The van der Waals surface area contributed by atoms with Crippen molar-refractivity contribution in [3.05, 3.63) is 82.6 Å². The highest BCUT2D eigenvalue weighted by Gasteiger charge is 2.25. The number of nitrogens with two attached hydrogens (primary N) is 1. The van der Waals surface area contributed by atoms with Crippen LogP contribution in [0.2, 0.25) is 0 Å². The summed E-state index contributed by atoms with van der Waals surface area (Å²) in [6.07, 6.45) is 4.63. The van der Waals surface area contributed by atoms with E-state index in [9.17, 15) is 4.79 Å². The largest absolute Gasteiger partial charge is 0.438 e. The smallest absolute Gasteiger partial charge is 0.242 e. The highest BCUT2D eigenvalue weighted by molar-refractivity contribution is 5.76. The van der Waals surface area contributed by atoms with Crippen molar-refractivity contribution in [3.63, 3.8) is 0 Å². The predicted octanol–water partition coefficient (Wildman–Crippen LogP) is 4.22. The molecule has 3 N–H and O–H groups in total. The first kappa shape index (κ1) is 25.7. The third kappa shape index (κ3) is 5.67. The van der Waals surface area contributed by atoms with Gasteiger partial charge >= 0.3 is 0 Å². The van der Waals surface area contributed by atoms with E-state index in [-0.39, 0.29) is 12.5 Å². The molecule has 2 aromatic carbocycles. The number of aromatic nitrogens is 4. The van der Waals surface area contributed by atoms with E-state index in [0.29, 0.717) is 54.8 Å². The highest BCUT2D eigenvalue weighted by Crippen LogP contribution is 2.34. The summed E-state index contributed by atoms with van der Waals surface area (Å²) < 4.78 is 8.30. The van der Waals surface area contributed by atoms with Crippen LogP contribution in [0.4, 0.5) is 17.3 Å². The lowest BCUT2D eigenvalue weighted by atomic mass is 10.1. The molecule has 0 aliphatic carbocycles. The molecule has 4 aromatic rings. The van der Waals surface area contributed by atoms with Gasteiger partial charge in [0.15, 0.2) is 0 Å². The number of fused-ring (bicyclic) bond motifs is 1. The molecule has 0 saturated heterocycles. The first-order chi connectivity index (χ1) is 18.8. The van der Waals surface area contributed by atoms with Gasteiger partial charge in [-0.3, -0.25) is 4.79 Å². The molecule has 0 fully saturated rings. The highest BCUT2D eigenvalue weighted by atomic mass is 16.5. The predicted molar refractivity (Wildman–Crippen MR) is 148 cm³/mol. The number of nitrogen functional groups attached to an aromatic ring is 1. The van der Waals surface area contributed by atoms with Crippen molar-refractivity contribution >= 4 is 23.2 Å². The number of hydrogen-bond donors (Lipinski definition) is 2. The molecule has 2 aromatic heterocycles. The van der Waals surface area contributed by atoms with E-state index in [1.54, 1.807) is 30.5 Å². The second-order valence-electron chi connectivity index (χ2n) is 9.66. The summed E-state index contributed by atoms with van der Waals surface area (Å²) >= 11 is 0. The average molecular weight is 523 g/mol. The van der Waals surface area contributed by atoms with Gasteiger partial charge in [0.05, 0.1) is 17.3 Å². The lowest BCUT2D eigenvalue weighted by molar-refractivity contribution is -0.131. The normalized spacial score (nSPS) is 12.8. The van der Waals surface area contributed by atoms with Gasteiger partial charge < -0.3 is 25.3 Å². The van der Waals surface area contributed by atoms with Crippen LogP contribution in [-0.2, 0) is 24.2 Å². The number of rotatable bonds is 6. The van der Waals surface area contributed by atoms with E-state index < -0.39 is 0 Å². The molecule has 198 valence electrons. The molecule has 10 heteroatoms. The lowest BCUT2D eigenvalue weighted by Gasteiger charge is -2.20. The monoisotopic (exact) mass is 522 g/mol. The summed E-state index contributed by atoms with van der Waals surface area (Å²) in [6, 6.07) is 12.9. The summed E-state index contributed by atoms with van der Waals surface area (Å²) in [5.74, 6) is 2.36. The molecule has 1 aliphatic rings. The molecule has 1 amide bonds. The van der Waals surface area contributed by atoms with Crippen LogP contribution in [0.15, 0.2) is 48.8 Å². The third-order valence-electron chi connectivity index (χ3n) is 6.84. The van der Waals surface area contributed by atoms with Gasteiger partial charge in [-0.2, -0.15) is 10.2 Å². The number of nitrogens with zero attached hydrogens (tertiary/aromatic N) is 6. The molecule has 0 atom stereocenters. The quantitative estimate of drug-likeness (QED) is 0.360. The van der Waals surface area contributed by atoms with Crippen LogP contribution in [0.3, 0.4) is 0 Å². The Bertz CT molecular complexity index is 1550. The Balaban J connectivity index is 1.46. The maximum Gasteiger partial charge on any atom is 0.242 e. The second kappa shape index (κ2) is 10.8. The Hall–Kier alpha value is -4.91. The molecule has 10 nitrogen and oxygen atoms in total. The van der Waals surface area contributed by atoms with Gasteiger partial charge in [0, 0.05) is 48.8 Å². The first-order valence-corrected chi connectivity index (χ1v) is 12.8. The average Bonchev–Trinajstić information content (AvgIpc) is 3.18. The Morgan fingerprint density at radius 1 is 1.10 bits per heavy atom. The maximum absolute atomic E-state index is 13.1. The Labute approximate surface area is 227 Å². The standard InChI is InChI=1S/C29H30N8O2/c1-18-14-22(31)15-19(2)27(18)39-28-24-8-11-36(26(38)17-37-13-10-32-20(37)3)12-9-25(24)34-29(35-28)33-23-6-4-21(16-30)5-7-23/h4-7,10,13-15H,8-9,11-12,17,31H2,1-3H3,(H,33,34,35). The van der Waals surface area contributed by atoms with Crippen LogP contribution in [-0.4, -0.2) is 43.4 Å². The van der Waals surface area contributed by atoms with Gasteiger partial charge in [-0.25, -0.2) is 9.97 Å². The van der Waals surface area contributed by atoms with Crippen molar-refractivity contribution in [3.8, 4) is 17.7 Å². The minimum Gasteiger partial charge on any atom is -0.438 e. The third-order valence-corrected chi connectivity index (χ3v) is 6.84. The van der Waals surface area contributed by atoms with Crippen LogP contribution in [0.5, 0.6) is 11.6 Å². The zero-order chi connectivity index (χ0) is 27.5. The van der Waals surface area contributed by atoms with Gasteiger partial charge in [0.25, 0.3) is 0 Å². The zero-order valence-corrected chi connectivity index (χ0v) is 22.2. The molecular weight excluding hydrogens is 492 g/mol. The van der Waals surface area contributed by atoms with Crippen molar-refractivity contribution in [1.82, 2.24) is 24.4 Å². The summed E-state index contributed by atoms with van der Waals surface area (Å²) in [7, 11) is 0. The number of carbonyl (C=O) groups excluding carboxylic acids is 1. The van der Waals surface area contributed by atoms with E-state index in [2.05, 4.69) is 16.4 Å². The van der Waals surface area contributed by atoms with E-state index in [1.165, 1.54) is 0 Å². The van der Waals surface area contributed by atoms with Crippen LogP contribution in [0.1, 0.15) is 33.8 Å². The molecule has 5 rings (SSSR count). The Kier molecular flexibility index (Phi) is 7.14. The van der Waals surface area contributed by atoms with Crippen LogP contribution >= 0.6 is 0 Å². The molecule has 0 radical (unpaired) electrons. The SMILES string of the molecule is Cc1cc(N)cc(C)c1Oc1nc(Nc2ccc(C#N)cc2)nc2c1CCN(C(=O)Cn1ccnc1C)CC2. The minimum atomic E-state index is 0.0282. The van der Waals surface area contributed by atoms with Crippen LogP contribution in [0, 0.1) is 32.1 Å². The summed E-state index contributed by atoms with van der Waals surface area (Å²) in [4.78, 5) is 28.8. The fourth-order valence-corrected chi connectivity index (χ4v) is 4.77. The number of nitrogens with one attached hydrogen (secondary N) is 1. The van der Waals surface area contributed by atoms with Gasteiger partial charge in [0.2, 0.25) is 17.7 Å². The summed E-state index contributed by atoms with van der Waals surface area (Å²) in [5.41, 5.74) is 11.5. The number of amides is 1. The van der Waals surface area contributed by atoms with Crippen molar-refractivity contribution in [1.29, 1.82) is 5.26 Å². The fraction of sp³-hybridized carbons (Fsp3) is 0.276. The number of carbonyl (C=O) groups is 1. The van der Waals surface area contributed by atoms with Crippen LogP contribution < -0.4 is 15.8 Å². The molecule has 3 heterocycles. The fourth-order valence-electron chi connectivity index (χ4n) is 4.77. The number of hydrogen-bond acceptors (Lipinski definition) is 8. The van der Waals surface area contributed by atoms with Crippen molar-refractivity contribution in [2.24, 2.45) is 0 Å². The number of aryl methyl sites for hydroxylation is 3. The summed E-state index contributed by atoms with van der Waals surface area (Å²) in [5, 5.41) is 12.3. The first-order valence-electron chi connectivity index (χ1n) is 12.8. The van der Waals surface area contributed by atoms with Gasteiger partial charge in [-0.15, -0.1) is 0 Å². The molecule has 0 unspecified atom stereocenters. The number of benzene rings is 2. The lowest BCUT2D eigenvalue weighted by Crippen LogP contribution is -2.35. The topological polar surface area (TPSA) is 135 Å². The van der Waals surface area contributed by atoms with E-state index in [1.807, 2.05) is 48.6 Å². The van der Waals surface area contributed by atoms with Crippen LogP contribution in [0.25, 0.3) is 0 Å². The molecule has 0 spiro atoms. The molecule has 0 saturated carbocycles. The number of nitriles is 1. The number of anilines is 3. The molecule has 39 heavy (non-hydrogen) atoms. The van der Waals surface area contributed by atoms with Gasteiger partial charge in [-0.1, -0.05) is 0 Å². The number of imidazole rings is 1. The summed E-state index contributed by atoms with van der Waals surface area (Å²) in [6.45, 7) is 7.09. The van der Waals surface area contributed by atoms with E-state index >= 15 is 0 Å².